The molecule has 41 heavy (non-hydrogen) atoms. The van der Waals surface area contributed by atoms with Crippen LogP contribution in [0.2, 0.25) is 0 Å². The van der Waals surface area contributed by atoms with Crippen LogP contribution in [0.5, 0.6) is 0 Å². The average Bonchev–Trinajstić information content (AvgIpc) is 2.89. The number of hydrogen-bond donors (Lipinski definition) is 4. The lowest BCUT2D eigenvalue weighted by molar-refractivity contribution is -0.251. The Bertz CT molecular complexity index is 1010. The Labute approximate surface area is 246 Å². The molecule has 0 spiro atoms. The summed E-state index contributed by atoms with van der Waals surface area (Å²) in [4.78, 5) is 0. The summed E-state index contributed by atoms with van der Waals surface area (Å²) in [5.74, 6) is 0.291. The van der Waals surface area contributed by atoms with Crippen molar-refractivity contribution in [2.24, 2.45) is 22.2 Å². The Morgan fingerprint density at radius 1 is 0.854 bits per heavy atom. The maximum absolute atomic E-state index is 10.4. The summed E-state index contributed by atoms with van der Waals surface area (Å²) in [6, 6.07) is 11.2. The molecule has 1 aromatic carbocycles. The van der Waals surface area contributed by atoms with Crippen molar-refractivity contribution in [3.05, 3.63) is 35.4 Å². The van der Waals surface area contributed by atoms with Gasteiger partial charge in [0.1, 0.15) is 6.10 Å². The molecule has 4 rings (SSSR count). The molecule has 0 amide bonds. The van der Waals surface area contributed by atoms with Crippen molar-refractivity contribution in [1.29, 1.82) is 5.26 Å². The molecule has 0 radical (unpaired) electrons. The number of aliphatic hydroxyl groups excluding tert-OH is 4. The fraction of sp³-hybridized carbons (Fsp3) is 0.788. The highest BCUT2D eigenvalue weighted by molar-refractivity contribution is 5.29. The minimum atomic E-state index is -0.907. The van der Waals surface area contributed by atoms with Gasteiger partial charge < -0.3 is 34.6 Å². The van der Waals surface area contributed by atoms with Gasteiger partial charge in [-0.15, -0.1) is 0 Å². The van der Waals surface area contributed by atoms with Crippen molar-refractivity contribution >= 4 is 0 Å². The Kier molecular flexibility index (Phi) is 11.1. The number of aliphatic hydroxyl groups is 4. The molecule has 0 saturated carbocycles. The quantitative estimate of drug-likeness (QED) is 0.392. The van der Waals surface area contributed by atoms with Crippen molar-refractivity contribution in [2.75, 3.05) is 13.2 Å². The first kappa shape index (κ1) is 33.9. The lowest BCUT2D eigenvalue weighted by Crippen LogP contribution is -2.49. The van der Waals surface area contributed by atoms with E-state index in [1.165, 1.54) is 5.56 Å². The Hall–Kier alpha value is -1.57. The van der Waals surface area contributed by atoms with E-state index in [-0.39, 0.29) is 48.1 Å². The van der Waals surface area contributed by atoms with E-state index in [1.54, 1.807) is 0 Å². The summed E-state index contributed by atoms with van der Waals surface area (Å²) in [5, 5.41) is 47.8. The number of rotatable bonds is 5. The van der Waals surface area contributed by atoms with Crippen LogP contribution in [0.15, 0.2) is 24.3 Å². The average molecular weight is 576 g/mol. The molecule has 0 aromatic heterocycles. The van der Waals surface area contributed by atoms with Gasteiger partial charge >= 0.3 is 0 Å². The molecule has 0 bridgehead atoms. The van der Waals surface area contributed by atoms with E-state index in [0.29, 0.717) is 25.4 Å². The van der Waals surface area contributed by atoms with E-state index in [2.05, 4.69) is 65.0 Å². The topological polar surface area (TPSA) is 132 Å². The fourth-order valence-corrected chi connectivity index (χ4v) is 5.94. The maximum atomic E-state index is 10.4. The van der Waals surface area contributed by atoms with Gasteiger partial charge in [-0.2, -0.15) is 5.26 Å². The molecule has 9 atom stereocenters. The van der Waals surface area contributed by atoms with Crippen LogP contribution in [0, 0.1) is 33.5 Å². The monoisotopic (exact) mass is 575 g/mol. The van der Waals surface area contributed by atoms with Gasteiger partial charge in [-0.3, -0.25) is 0 Å². The van der Waals surface area contributed by atoms with E-state index < -0.39 is 30.0 Å². The van der Waals surface area contributed by atoms with Crippen LogP contribution in [0.3, 0.4) is 0 Å². The molecule has 232 valence electrons. The molecule has 1 aromatic rings. The minimum absolute atomic E-state index is 0.0202. The lowest BCUT2D eigenvalue weighted by Gasteiger charge is -2.44. The van der Waals surface area contributed by atoms with E-state index in [4.69, 9.17) is 24.4 Å². The first-order valence-corrected chi connectivity index (χ1v) is 15.1. The van der Waals surface area contributed by atoms with E-state index >= 15 is 0 Å². The third kappa shape index (κ3) is 8.51. The predicted octanol–water partition coefficient (Wildman–Crippen LogP) is 4.85. The molecule has 4 N–H and O–H groups in total. The third-order valence-electron chi connectivity index (χ3n) is 9.71. The van der Waals surface area contributed by atoms with Crippen molar-refractivity contribution < 1.29 is 34.6 Å². The van der Waals surface area contributed by atoms with Crippen LogP contribution in [0.1, 0.15) is 104 Å². The van der Waals surface area contributed by atoms with Crippen LogP contribution in [-0.4, -0.2) is 70.4 Å². The SMILES string of the molecule is CC(C)(C)C(CC(C)(C)C(C)(C)C#N)c1ccc(C2C[C@H]3C(O)C[C@@H](O)OC3CO2)cc1.CC1CC(O)[C@@H](O)CO1. The van der Waals surface area contributed by atoms with Crippen LogP contribution < -0.4 is 0 Å². The van der Waals surface area contributed by atoms with Gasteiger partial charge in [0.2, 0.25) is 0 Å². The third-order valence-corrected chi connectivity index (χ3v) is 9.71. The second-order valence-electron chi connectivity index (χ2n) is 14.6. The highest BCUT2D eigenvalue weighted by Gasteiger charge is 2.43. The van der Waals surface area contributed by atoms with Crippen molar-refractivity contribution in [1.82, 2.24) is 0 Å². The van der Waals surface area contributed by atoms with Gasteiger partial charge in [0, 0.05) is 18.8 Å². The summed E-state index contributed by atoms with van der Waals surface area (Å²) in [6.07, 6.45) is -0.577. The van der Waals surface area contributed by atoms with Crippen LogP contribution in [0.25, 0.3) is 0 Å². The van der Waals surface area contributed by atoms with Gasteiger partial charge in [-0.1, -0.05) is 58.9 Å². The van der Waals surface area contributed by atoms with E-state index in [1.807, 2.05) is 20.8 Å². The van der Waals surface area contributed by atoms with E-state index in [0.717, 1.165) is 12.0 Å². The number of fused-ring (bicyclic) bond motifs is 1. The largest absolute Gasteiger partial charge is 0.393 e. The first-order chi connectivity index (χ1) is 18.9. The zero-order valence-corrected chi connectivity index (χ0v) is 26.2. The second kappa shape index (κ2) is 13.4. The standard InChI is InChI=1S/C27H41NO4.C6H12O3/c1-25(2,3)20(14-26(4,5)27(6,7)16-28)17-8-10-18(11-9-17)22-12-19-21(29)13-24(30)32-23(19)15-31-22;1-4-2-5(7)6(8)3-9-4/h8-11,19-24,29-30H,12-15H2,1-7H3;4-8H,2-3H2,1H3/t19-,20?,21?,22?,23?,24-;4?,5?,6-/m00/s1. The molecule has 6 unspecified atom stereocenters. The summed E-state index contributed by atoms with van der Waals surface area (Å²) in [6.45, 7) is 17.8. The highest BCUT2D eigenvalue weighted by atomic mass is 16.6. The first-order valence-electron chi connectivity index (χ1n) is 15.1. The molecular formula is C33H53NO7. The van der Waals surface area contributed by atoms with Gasteiger partial charge in [0.15, 0.2) is 6.29 Å². The predicted molar refractivity (Wildman–Crippen MR) is 157 cm³/mol. The minimum Gasteiger partial charge on any atom is -0.393 e. The Morgan fingerprint density at radius 3 is 2.02 bits per heavy atom. The highest BCUT2D eigenvalue weighted by Crippen LogP contribution is 2.50. The molecule has 8 nitrogen and oxygen atoms in total. The second-order valence-corrected chi connectivity index (χ2v) is 14.6. The van der Waals surface area contributed by atoms with Gasteiger partial charge in [0.05, 0.1) is 55.2 Å². The summed E-state index contributed by atoms with van der Waals surface area (Å²) in [5.41, 5.74) is 1.89. The number of benzene rings is 1. The van der Waals surface area contributed by atoms with Crippen LogP contribution in [0.4, 0.5) is 0 Å². The number of ether oxygens (including phenoxy) is 3. The summed E-state index contributed by atoms with van der Waals surface area (Å²) in [7, 11) is 0. The lowest BCUT2D eigenvalue weighted by atomic mass is 9.60. The van der Waals surface area contributed by atoms with E-state index in [9.17, 15) is 15.5 Å². The van der Waals surface area contributed by atoms with Gasteiger partial charge in [-0.25, -0.2) is 0 Å². The number of hydrogen-bond acceptors (Lipinski definition) is 8. The van der Waals surface area contributed by atoms with Gasteiger partial charge in [0.25, 0.3) is 0 Å². The van der Waals surface area contributed by atoms with Crippen LogP contribution >= 0.6 is 0 Å². The zero-order chi connectivity index (χ0) is 30.8. The molecular weight excluding hydrogens is 522 g/mol. The van der Waals surface area contributed by atoms with Crippen molar-refractivity contribution in [3.63, 3.8) is 0 Å². The van der Waals surface area contributed by atoms with Crippen molar-refractivity contribution in [3.8, 4) is 6.07 Å². The molecule has 3 fully saturated rings. The van der Waals surface area contributed by atoms with Gasteiger partial charge in [-0.05, 0) is 61.5 Å². The molecule has 3 heterocycles. The molecule has 0 aliphatic carbocycles. The zero-order valence-electron chi connectivity index (χ0n) is 26.2. The number of nitrogens with zero attached hydrogens (tertiary/aromatic N) is 1. The van der Waals surface area contributed by atoms with Crippen molar-refractivity contribution in [2.45, 2.75) is 130 Å². The normalized spacial score (nSPS) is 33.5. The Balaban J connectivity index is 0.000000436. The fourth-order valence-electron chi connectivity index (χ4n) is 5.94. The summed E-state index contributed by atoms with van der Waals surface area (Å²) >= 11 is 0. The number of nitriles is 1. The smallest absolute Gasteiger partial charge is 0.157 e. The van der Waals surface area contributed by atoms with Crippen LogP contribution in [-0.2, 0) is 14.2 Å². The Morgan fingerprint density at radius 2 is 1.49 bits per heavy atom. The maximum Gasteiger partial charge on any atom is 0.157 e. The molecule has 8 heteroatoms. The molecule has 3 aliphatic rings. The summed E-state index contributed by atoms with van der Waals surface area (Å²) < 4.78 is 16.7. The molecule has 3 aliphatic heterocycles. The molecule has 3 saturated heterocycles.